The molecule has 2 amide bonds. The summed E-state index contributed by atoms with van der Waals surface area (Å²) < 4.78 is 5.20. The fraction of sp³-hybridized carbons (Fsp3) is 0.400. The van der Waals surface area contributed by atoms with E-state index in [-0.39, 0.29) is 31.0 Å². The number of aromatic hydroxyl groups is 1. The smallest absolute Gasteiger partial charge is 0.323 e. The largest absolute Gasteiger partial charge is 0.508 e. The van der Waals surface area contributed by atoms with Crippen LogP contribution in [0.3, 0.4) is 0 Å². The highest BCUT2D eigenvalue weighted by molar-refractivity contribution is 5.90. The van der Waals surface area contributed by atoms with Crippen LogP contribution in [0.15, 0.2) is 91.3 Å². The molecule has 2 atom stereocenters. The van der Waals surface area contributed by atoms with E-state index in [0.29, 0.717) is 22.7 Å². The summed E-state index contributed by atoms with van der Waals surface area (Å²) in [7, 11) is 1.56. The molecule has 10 heteroatoms. The van der Waals surface area contributed by atoms with Crippen molar-refractivity contribution in [2.75, 3.05) is 13.7 Å². The molecule has 0 spiro atoms. The van der Waals surface area contributed by atoms with Crippen molar-refractivity contribution < 1.29 is 29.3 Å². The number of allylic oxidation sites excluding steroid dienone is 2. The van der Waals surface area contributed by atoms with E-state index in [0.717, 1.165) is 47.3 Å². The Morgan fingerprint density at radius 3 is 2.09 bits per heavy atom. The summed E-state index contributed by atoms with van der Waals surface area (Å²) in [5.41, 5.74) is 5.34. The van der Waals surface area contributed by atoms with Gasteiger partial charge in [-0.3, -0.25) is 14.4 Å². The Kier molecular flexibility index (Phi) is 13.3. The third-order valence-corrected chi connectivity index (χ3v) is 11.4. The Morgan fingerprint density at radius 1 is 0.836 bits per heavy atom. The number of carboxylic acids is 1. The topological polar surface area (TPSA) is 142 Å². The third-order valence-electron chi connectivity index (χ3n) is 11.4. The number of phenols is 1. The molecule has 0 aliphatic heterocycles. The lowest BCUT2D eigenvalue weighted by molar-refractivity contribution is -0.146. The maximum atomic E-state index is 14.1. The summed E-state index contributed by atoms with van der Waals surface area (Å²) in [6, 6.07) is 19.8. The second-order valence-electron chi connectivity index (χ2n) is 15.0. The lowest BCUT2D eigenvalue weighted by Gasteiger charge is -2.35. The summed E-state index contributed by atoms with van der Waals surface area (Å²) in [6.07, 6.45) is 16.6. The van der Waals surface area contributed by atoms with E-state index in [1.807, 2.05) is 36.7 Å². The maximum Gasteiger partial charge on any atom is 0.323 e. The summed E-state index contributed by atoms with van der Waals surface area (Å²) in [4.78, 5) is 49.9. The van der Waals surface area contributed by atoms with Crippen LogP contribution in [-0.2, 0) is 33.8 Å². The van der Waals surface area contributed by atoms with E-state index in [1.54, 1.807) is 43.5 Å². The molecular formula is C45H52N4O6. The Bertz CT molecular complexity index is 1920. The number of aliphatic carboxylic acids is 1. The van der Waals surface area contributed by atoms with E-state index in [1.165, 1.54) is 61.1 Å². The third kappa shape index (κ3) is 10.8. The van der Waals surface area contributed by atoms with Gasteiger partial charge in [0.2, 0.25) is 11.8 Å². The highest BCUT2D eigenvalue weighted by Crippen LogP contribution is 2.41. The van der Waals surface area contributed by atoms with Crippen molar-refractivity contribution in [2.45, 2.75) is 83.7 Å². The molecule has 0 bridgehead atoms. The fourth-order valence-electron chi connectivity index (χ4n) is 8.07. The van der Waals surface area contributed by atoms with Gasteiger partial charge in [0.15, 0.2) is 5.82 Å². The van der Waals surface area contributed by atoms with Crippen LogP contribution in [-0.4, -0.2) is 62.6 Å². The lowest BCUT2D eigenvalue weighted by Crippen LogP contribution is -2.51. The van der Waals surface area contributed by atoms with Crippen molar-refractivity contribution in [1.29, 1.82) is 0 Å². The molecule has 1 heterocycles. The van der Waals surface area contributed by atoms with Gasteiger partial charge in [-0.15, -0.1) is 0 Å². The monoisotopic (exact) mass is 744 g/mol. The molecular weight excluding hydrogens is 693 g/mol. The highest BCUT2D eigenvalue weighted by Gasteiger charge is 2.30. The number of methoxy groups -OCH3 is 1. The van der Waals surface area contributed by atoms with E-state index in [9.17, 15) is 24.6 Å². The molecule has 1 aromatic heterocycles. The normalized spacial score (nSPS) is 18.8. The number of nitrogens with zero attached hydrogens (tertiary/aromatic N) is 3. The molecule has 3 aromatic carbocycles. The lowest BCUT2D eigenvalue weighted by atomic mass is 9.71. The Morgan fingerprint density at radius 2 is 1.49 bits per heavy atom. The molecule has 2 aliphatic rings. The predicted molar refractivity (Wildman–Crippen MR) is 212 cm³/mol. The number of amides is 2. The van der Waals surface area contributed by atoms with Gasteiger partial charge in [0.05, 0.1) is 13.5 Å². The van der Waals surface area contributed by atoms with Crippen LogP contribution in [0.25, 0.3) is 17.0 Å². The number of nitrogens with one attached hydrogen (secondary N) is 1. The van der Waals surface area contributed by atoms with Crippen LogP contribution in [0.4, 0.5) is 0 Å². The van der Waals surface area contributed by atoms with Gasteiger partial charge in [-0.1, -0.05) is 80.8 Å². The first-order valence-corrected chi connectivity index (χ1v) is 19.5. The quantitative estimate of drug-likeness (QED) is 0.113. The first-order valence-electron chi connectivity index (χ1n) is 19.5. The van der Waals surface area contributed by atoms with Crippen LogP contribution in [0.1, 0.15) is 80.5 Å². The first kappa shape index (κ1) is 39.2. The van der Waals surface area contributed by atoms with Gasteiger partial charge in [-0.25, -0.2) is 9.97 Å². The molecule has 1 saturated carbocycles. The van der Waals surface area contributed by atoms with Gasteiger partial charge < -0.3 is 25.2 Å². The Balaban J connectivity index is 1.11. The number of ether oxygens (including phenoxy) is 1. The Labute approximate surface area is 323 Å². The number of carboxylic acid groups (broad SMARTS) is 1. The van der Waals surface area contributed by atoms with Gasteiger partial charge in [0.25, 0.3) is 0 Å². The number of carbonyl (C=O) groups is 3. The molecule has 1 unspecified atom stereocenters. The first-order chi connectivity index (χ1) is 26.7. The number of hydrogen-bond acceptors (Lipinski definition) is 7. The van der Waals surface area contributed by atoms with Gasteiger partial charge in [0, 0.05) is 36.5 Å². The van der Waals surface area contributed by atoms with Crippen molar-refractivity contribution in [2.24, 2.45) is 17.8 Å². The molecule has 1 fully saturated rings. The molecule has 4 aromatic rings. The van der Waals surface area contributed by atoms with Crippen LogP contribution in [0.5, 0.6) is 11.5 Å². The van der Waals surface area contributed by atoms with Gasteiger partial charge in [-0.2, -0.15) is 0 Å². The minimum Gasteiger partial charge on any atom is -0.508 e. The van der Waals surface area contributed by atoms with E-state index >= 15 is 0 Å². The minimum absolute atomic E-state index is 0.0147. The van der Waals surface area contributed by atoms with Crippen molar-refractivity contribution in [3.63, 3.8) is 0 Å². The zero-order valence-electron chi connectivity index (χ0n) is 31.8. The van der Waals surface area contributed by atoms with Gasteiger partial charge >= 0.3 is 5.97 Å². The molecule has 55 heavy (non-hydrogen) atoms. The molecule has 0 radical (unpaired) electrons. The number of benzene rings is 3. The minimum atomic E-state index is -1.17. The number of hydrogen-bond donors (Lipinski definition) is 3. The molecule has 3 N–H and O–H groups in total. The zero-order valence-corrected chi connectivity index (χ0v) is 31.8. The second-order valence-corrected chi connectivity index (χ2v) is 15.0. The SMILES string of the molecule is CCC1CCC(C2CC=C(c3cnc(-c4ccc(CN(CC(=O)O)C(=O)[C@H](Cc5ccc(O)cc5)NC(=O)Cc5ccc(OC)cc5)cc4)nc3)CC2)CC1. The van der Waals surface area contributed by atoms with Crippen molar-refractivity contribution in [1.82, 2.24) is 20.2 Å². The van der Waals surface area contributed by atoms with Crippen LogP contribution in [0, 0.1) is 17.8 Å². The van der Waals surface area contributed by atoms with Crippen molar-refractivity contribution in [3.8, 4) is 22.9 Å². The summed E-state index contributed by atoms with van der Waals surface area (Å²) in [5, 5.41) is 22.4. The van der Waals surface area contributed by atoms with E-state index in [2.05, 4.69) is 28.3 Å². The standard InChI is InChI=1S/C45H52N4O6/c1-3-30-4-12-34(13-5-30)35-16-18-36(19-17-35)38-26-46-44(47-27-38)37-14-6-33(7-15-37)28-49(29-43(52)53)45(54)41(24-31-8-20-39(50)21-9-31)48-42(51)25-32-10-22-40(55-2)23-11-32/h6-11,14-15,18,20-23,26-27,30,34-35,41,50H,3-5,12-13,16-17,19,24-25,28-29H2,1-2H3,(H,48,51)(H,52,53)/t30?,34?,35?,41-/m0/s1. The molecule has 288 valence electrons. The number of aromatic nitrogens is 2. The predicted octanol–water partition coefficient (Wildman–Crippen LogP) is 7.64. The maximum absolute atomic E-state index is 14.1. The van der Waals surface area contributed by atoms with E-state index < -0.39 is 24.5 Å². The highest BCUT2D eigenvalue weighted by atomic mass is 16.5. The zero-order chi connectivity index (χ0) is 38.7. The summed E-state index contributed by atoms with van der Waals surface area (Å²) in [5.74, 6) is 1.80. The molecule has 6 rings (SSSR count). The molecule has 10 nitrogen and oxygen atoms in total. The van der Waals surface area contributed by atoms with Crippen molar-refractivity contribution in [3.05, 3.63) is 114 Å². The molecule has 2 aliphatic carbocycles. The Hall–Kier alpha value is -5.51. The van der Waals surface area contributed by atoms with Crippen LogP contribution < -0.4 is 10.1 Å². The average molecular weight is 745 g/mol. The number of phenolic OH excluding ortho intramolecular Hbond substituents is 1. The average Bonchev–Trinajstić information content (AvgIpc) is 3.21. The van der Waals surface area contributed by atoms with E-state index in [4.69, 9.17) is 4.74 Å². The number of carbonyl (C=O) groups excluding carboxylic acids is 2. The second kappa shape index (κ2) is 18.7. The van der Waals surface area contributed by atoms with Crippen LogP contribution in [0.2, 0.25) is 0 Å². The summed E-state index contributed by atoms with van der Waals surface area (Å²) in [6.45, 7) is 1.78. The van der Waals surface area contributed by atoms with Crippen molar-refractivity contribution >= 4 is 23.4 Å². The van der Waals surface area contributed by atoms with Gasteiger partial charge in [-0.05, 0) is 96.4 Å². The fourth-order valence-corrected chi connectivity index (χ4v) is 8.07. The number of rotatable bonds is 15. The molecule has 0 saturated heterocycles. The van der Waals surface area contributed by atoms with Gasteiger partial charge in [0.1, 0.15) is 24.1 Å². The summed E-state index contributed by atoms with van der Waals surface area (Å²) >= 11 is 0. The van der Waals surface area contributed by atoms with Crippen LogP contribution >= 0.6 is 0 Å².